The summed E-state index contributed by atoms with van der Waals surface area (Å²) < 4.78 is 5.38. The molecule has 176 valence electrons. The van der Waals surface area contributed by atoms with Crippen LogP contribution < -0.4 is 10.6 Å². The molecule has 1 amide bonds. The van der Waals surface area contributed by atoms with Gasteiger partial charge in [0.05, 0.1) is 47.3 Å². The average molecular weight is 468 g/mol. The number of ether oxygens (including phenoxy) is 1. The van der Waals surface area contributed by atoms with Crippen LogP contribution in [0.3, 0.4) is 0 Å². The van der Waals surface area contributed by atoms with Gasteiger partial charge in [0.25, 0.3) is 5.91 Å². The number of aromatic nitrogens is 3. The van der Waals surface area contributed by atoms with Gasteiger partial charge < -0.3 is 15.4 Å². The van der Waals surface area contributed by atoms with Crippen molar-refractivity contribution < 1.29 is 9.53 Å². The van der Waals surface area contributed by atoms with Crippen molar-refractivity contribution in [2.45, 2.75) is 38.6 Å². The molecule has 9 heteroatoms. The van der Waals surface area contributed by atoms with Crippen LogP contribution in [0.2, 0.25) is 0 Å². The maximum atomic E-state index is 12.9. The molecule has 1 fully saturated rings. The fourth-order valence-corrected chi connectivity index (χ4v) is 3.72. The van der Waals surface area contributed by atoms with Gasteiger partial charge in [0.2, 0.25) is 0 Å². The molecule has 0 saturated carbocycles. The average Bonchev–Trinajstić information content (AvgIpc) is 3.38. The van der Waals surface area contributed by atoms with Crippen LogP contribution in [0.1, 0.15) is 47.6 Å². The second-order valence-electron chi connectivity index (χ2n) is 8.91. The van der Waals surface area contributed by atoms with Gasteiger partial charge >= 0.3 is 0 Å². The third-order valence-electron chi connectivity index (χ3n) is 5.88. The minimum absolute atomic E-state index is 0.134. The summed E-state index contributed by atoms with van der Waals surface area (Å²) in [6.07, 6.45) is 5.65. The van der Waals surface area contributed by atoms with Crippen LogP contribution in [0.4, 0.5) is 11.5 Å². The Kier molecular flexibility index (Phi) is 6.72. The summed E-state index contributed by atoms with van der Waals surface area (Å²) in [6.45, 7) is 6.64. The highest BCUT2D eigenvalue weighted by molar-refractivity contribution is 6.04. The predicted molar refractivity (Wildman–Crippen MR) is 131 cm³/mol. The molecular formula is C26H25N7O2. The van der Waals surface area contributed by atoms with Crippen molar-refractivity contribution in [1.82, 2.24) is 15.0 Å². The normalized spacial score (nSPS) is 15.2. The van der Waals surface area contributed by atoms with Crippen molar-refractivity contribution in [2.75, 3.05) is 23.8 Å². The summed E-state index contributed by atoms with van der Waals surface area (Å²) >= 11 is 0. The molecule has 35 heavy (non-hydrogen) atoms. The van der Waals surface area contributed by atoms with Gasteiger partial charge in [-0.05, 0) is 51.5 Å². The zero-order valence-corrected chi connectivity index (χ0v) is 19.8. The number of hydrogen-bond acceptors (Lipinski definition) is 8. The molecule has 1 aliphatic rings. The first-order valence-corrected chi connectivity index (χ1v) is 11.2. The molecule has 1 saturated heterocycles. The van der Waals surface area contributed by atoms with Crippen LogP contribution in [0.5, 0.6) is 0 Å². The molecule has 0 bridgehead atoms. The summed E-state index contributed by atoms with van der Waals surface area (Å²) in [5.41, 5.74) is 3.22. The van der Waals surface area contributed by atoms with E-state index in [-0.39, 0.29) is 11.9 Å². The fraction of sp³-hybridized carbons (Fsp3) is 0.308. The van der Waals surface area contributed by atoms with Crippen LogP contribution in [0, 0.1) is 29.6 Å². The van der Waals surface area contributed by atoms with E-state index in [2.05, 4.69) is 37.7 Å². The molecule has 4 heterocycles. The van der Waals surface area contributed by atoms with Gasteiger partial charge in [-0.3, -0.25) is 14.8 Å². The second-order valence-corrected chi connectivity index (χ2v) is 8.91. The van der Waals surface area contributed by atoms with Gasteiger partial charge in [-0.1, -0.05) is 0 Å². The molecule has 3 aromatic heterocycles. The van der Waals surface area contributed by atoms with Gasteiger partial charge in [0.1, 0.15) is 11.9 Å². The molecule has 1 atom stereocenters. The molecule has 0 unspecified atom stereocenters. The Morgan fingerprint density at radius 1 is 1.17 bits per heavy atom. The molecule has 4 rings (SSSR count). The topological polar surface area (TPSA) is 137 Å². The Hall–Kier alpha value is -4.34. The van der Waals surface area contributed by atoms with Gasteiger partial charge in [0.15, 0.2) is 0 Å². The lowest BCUT2D eigenvalue weighted by Crippen LogP contribution is -2.20. The molecule has 0 aromatic carbocycles. The molecule has 2 N–H and O–H groups in total. The van der Waals surface area contributed by atoms with Crippen molar-refractivity contribution in [3.8, 4) is 23.3 Å². The standard InChI is InChI=1S/C26H25N7O2/c1-16-22(19-8-18(11-27)24(31-12-19)32-20-5-7-35-14-20)10-21(13-30-16)33-25(34)17-4-6-29-23(9-17)26(2,3)15-28/h4,6,8-10,12-13,20H,5,7,14H2,1-3H3,(H,31,32)(H,33,34)/t20-/m1/s1. The van der Waals surface area contributed by atoms with Crippen LogP contribution in [-0.2, 0) is 10.2 Å². The van der Waals surface area contributed by atoms with E-state index < -0.39 is 5.41 Å². The van der Waals surface area contributed by atoms with Crippen molar-refractivity contribution in [1.29, 1.82) is 10.5 Å². The van der Waals surface area contributed by atoms with Crippen molar-refractivity contribution in [3.05, 3.63) is 65.4 Å². The molecular weight excluding hydrogens is 442 g/mol. The first-order valence-electron chi connectivity index (χ1n) is 11.2. The maximum absolute atomic E-state index is 12.9. The minimum atomic E-state index is -0.813. The van der Waals surface area contributed by atoms with Crippen LogP contribution in [-0.4, -0.2) is 40.1 Å². The highest BCUT2D eigenvalue weighted by atomic mass is 16.5. The van der Waals surface area contributed by atoms with Crippen LogP contribution in [0.15, 0.2) is 42.9 Å². The van der Waals surface area contributed by atoms with E-state index in [4.69, 9.17) is 4.74 Å². The fourth-order valence-electron chi connectivity index (χ4n) is 3.72. The van der Waals surface area contributed by atoms with Gasteiger partial charge in [-0.25, -0.2) is 4.98 Å². The summed E-state index contributed by atoms with van der Waals surface area (Å²) in [7, 11) is 0. The van der Waals surface area contributed by atoms with E-state index in [1.54, 1.807) is 50.5 Å². The van der Waals surface area contributed by atoms with Gasteiger partial charge in [0, 0.05) is 41.4 Å². The van der Waals surface area contributed by atoms with Crippen molar-refractivity contribution in [2.24, 2.45) is 0 Å². The predicted octanol–water partition coefficient (Wildman–Crippen LogP) is 3.97. The monoisotopic (exact) mass is 467 g/mol. The van der Waals surface area contributed by atoms with E-state index in [1.165, 1.54) is 6.20 Å². The molecule has 9 nitrogen and oxygen atoms in total. The lowest BCUT2D eigenvalue weighted by atomic mass is 9.90. The molecule has 0 spiro atoms. The van der Waals surface area contributed by atoms with E-state index in [9.17, 15) is 15.3 Å². The number of hydrogen-bond donors (Lipinski definition) is 2. The summed E-state index contributed by atoms with van der Waals surface area (Å²) in [5.74, 6) is 0.184. The summed E-state index contributed by atoms with van der Waals surface area (Å²) in [4.78, 5) is 26.0. The number of nitrogens with zero attached hydrogens (tertiary/aromatic N) is 5. The smallest absolute Gasteiger partial charge is 0.255 e. The Bertz CT molecular complexity index is 1350. The van der Waals surface area contributed by atoms with Crippen molar-refractivity contribution in [3.63, 3.8) is 0 Å². The van der Waals surface area contributed by atoms with Crippen LogP contribution >= 0.6 is 0 Å². The van der Waals surface area contributed by atoms with Crippen LogP contribution in [0.25, 0.3) is 11.1 Å². The van der Waals surface area contributed by atoms with E-state index in [0.717, 1.165) is 23.2 Å². The number of carbonyl (C=O) groups is 1. The van der Waals surface area contributed by atoms with Gasteiger partial charge in [-0.2, -0.15) is 10.5 Å². The Morgan fingerprint density at radius 3 is 2.71 bits per heavy atom. The molecule has 0 aliphatic carbocycles. The largest absolute Gasteiger partial charge is 0.379 e. The number of anilines is 2. The Morgan fingerprint density at radius 2 is 2.00 bits per heavy atom. The zero-order valence-electron chi connectivity index (χ0n) is 19.8. The zero-order chi connectivity index (χ0) is 25.0. The van der Waals surface area contributed by atoms with Gasteiger partial charge in [-0.15, -0.1) is 0 Å². The summed E-state index contributed by atoms with van der Waals surface area (Å²) in [5, 5.41) is 25.2. The number of carbonyl (C=O) groups excluding carboxylic acids is 1. The SMILES string of the molecule is Cc1ncc(NC(=O)c2ccnc(C(C)(C)C#N)c2)cc1-c1cnc(N[C@@H]2CCOC2)c(C#N)c1. The quantitative estimate of drug-likeness (QED) is 0.555. The van der Waals surface area contributed by atoms with E-state index in [0.29, 0.717) is 41.5 Å². The number of aryl methyl sites for hydroxylation is 1. The first-order chi connectivity index (χ1) is 16.8. The third-order valence-corrected chi connectivity index (χ3v) is 5.88. The summed E-state index contributed by atoms with van der Waals surface area (Å²) in [6, 6.07) is 11.3. The van der Waals surface area contributed by atoms with Crippen molar-refractivity contribution >= 4 is 17.4 Å². The third kappa shape index (κ3) is 5.26. The number of rotatable bonds is 6. The number of pyridine rings is 3. The lowest BCUT2D eigenvalue weighted by Gasteiger charge is -2.15. The maximum Gasteiger partial charge on any atom is 0.255 e. The Balaban J connectivity index is 1.58. The molecule has 1 aliphatic heterocycles. The number of amides is 1. The molecule has 3 aromatic rings. The number of nitriles is 2. The second kappa shape index (κ2) is 9.88. The lowest BCUT2D eigenvalue weighted by molar-refractivity contribution is 0.102. The minimum Gasteiger partial charge on any atom is -0.379 e. The highest BCUT2D eigenvalue weighted by Crippen LogP contribution is 2.28. The van der Waals surface area contributed by atoms with E-state index in [1.807, 2.05) is 6.92 Å². The van der Waals surface area contributed by atoms with E-state index >= 15 is 0 Å². The number of nitrogens with one attached hydrogen (secondary N) is 2. The Labute approximate surface area is 203 Å². The first kappa shape index (κ1) is 23.8. The highest BCUT2D eigenvalue weighted by Gasteiger charge is 2.23. The molecule has 0 radical (unpaired) electrons.